The molecule has 33 heavy (non-hydrogen) atoms. The zero-order valence-corrected chi connectivity index (χ0v) is 21.1. The Labute approximate surface area is 215 Å². The summed E-state index contributed by atoms with van der Waals surface area (Å²) in [6.45, 7) is 2.22. The molecule has 1 saturated heterocycles. The van der Waals surface area contributed by atoms with Gasteiger partial charge in [-0.1, -0.05) is 13.0 Å². The van der Waals surface area contributed by atoms with Gasteiger partial charge in [0.15, 0.2) is 12.4 Å². The minimum absolute atomic E-state index is 0. The molecule has 1 radical (unpaired) electrons. The smallest absolute Gasteiger partial charge is 0.335 e. The Morgan fingerprint density at radius 1 is 1.09 bits per heavy atom. The Morgan fingerprint density at radius 2 is 1.85 bits per heavy atom. The molecule has 1 aliphatic heterocycles. The van der Waals surface area contributed by atoms with Gasteiger partial charge in [-0.05, 0) is 85.0 Å². The summed E-state index contributed by atoms with van der Waals surface area (Å²) in [4.78, 5) is 11.4. The predicted molar refractivity (Wildman–Crippen MR) is 118 cm³/mol. The zero-order valence-electron chi connectivity index (χ0n) is 19.1. The van der Waals surface area contributed by atoms with Gasteiger partial charge in [0, 0.05) is 29.6 Å². The second-order valence-electron chi connectivity index (χ2n) is 10.3. The molecular formula is C24H32NaO8. The van der Waals surface area contributed by atoms with Crippen molar-refractivity contribution in [2.24, 2.45) is 17.3 Å². The fourth-order valence-corrected chi connectivity index (χ4v) is 7.07. The van der Waals surface area contributed by atoms with E-state index >= 15 is 0 Å². The van der Waals surface area contributed by atoms with Crippen LogP contribution in [0.15, 0.2) is 18.2 Å². The number of aliphatic carboxylic acids is 1. The van der Waals surface area contributed by atoms with Gasteiger partial charge in [0.2, 0.25) is 0 Å². The van der Waals surface area contributed by atoms with E-state index in [-0.39, 0.29) is 41.1 Å². The Hall–Kier alpha value is -0.710. The fourth-order valence-electron chi connectivity index (χ4n) is 7.07. The van der Waals surface area contributed by atoms with Crippen molar-refractivity contribution in [3.8, 4) is 5.75 Å². The summed E-state index contributed by atoms with van der Waals surface area (Å²) in [7, 11) is 0. The number of carboxylic acid groups (broad SMARTS) is 1. The molecule has 3 fully saturated rings. The number of benzene rings is 1. The first-order valence-corrected chi connectivity index (χ1v) is 11.6. The molecule has 5 rings (SSSR count). The van der Waals surface area contributed by atoms with Gasteiger partial charge in [-0.2, -0.15) is 0 Å². The molecule has 5 N–H and O–H groups in total. The van der Waals surface area contributed by atoms with Crippen LogP contribution in [0.5, 0.6) is 5.75 Å². The van der Waals surface area contributed by atoms with Crippen LogP contribution in [-0.4, -0.2) is 97.9 Å². The predicted octanol–water partition coefficient (Wildman–Crippen LogP) is 1.14. The molecule has 1 heterocycles. The first-order valence-electron chi connectivity index (χ1n) is 11.6. The number of carboxylic acids is 1. The van der Waals surface area contributed by atoms with Crippen molar-refractivity contribution in [1.82, 2.24) is 0 Å². The van der Waals surface area contributed by atoms with E-state index in [2.05, 4.69) is 13.0 Å². The third-order valence-corrected chi connectivity index (χ3v) is 8.73. The van der Waals surface area contributed by atoms with Crippen molar-refractivity contribution in [2.45, 2.75) is 88.2 Å². The summed E-state index contributed by atoms with van der Waals surface area (Å²) >= 11 is 0. The van der Waals surface area contributed by atoms with Crippen molar-refractivity contribution in [3.05, 3.63) is 29.3 Å². The molecule has 177 valence electrons. The minimum Gasteiger partial charge on any atom is -0.508 e. The maximum absolute atomic E-state index is 11.4. The van der Waals surface area contributed by atoms with Crippen LogP contribution in [-0.2, 0) is 20.7 Å². The first kappa shape index (κ1) is 25.4. The molecule has 10 unspecified atom stereocenters. The van der Waals surface area contributed by atoms with Gasteiger partial charge in [-0.3, -0.25) is 0 Å². The second kappa shape index (κ2) is 9.39. The first-order chi connectivity index (χ1) is 15.2. The van der Waals surface area contributed by atoms with Gasteiger partial charge in [0.05, 0.1) is 6.10 Å². The average molecular weight is 472 g/mol. The average Bonchev–Trinajstić information content (AvgIpc) is 3.09. The number of fused-ring (bicyclic) bond motifs is 5. The molecule has 10 atom stereocenters. The molecule has 4 aliphatic rings. The SMILES string of the molecule is CC12CCC3c4ccc(O)cc4CCC3C1CCC2OC1OC(C(=O)O)C(O)C(O)C1O.[Na]. The number of rotatable bonds is 3. The molecule has 2 saturated carbocycles. The van der Waals surface area contributed by atoms with Crippen LogP contribution in [0, 0.1) is 17.3 Å². The minimum atomic E-state index is -1.72. The Bertz CT molecular complexity index is 895. The summed E-state index contributed by atoms with van der Waals surface area (Å²) in [5, 5.41) is 49.6. The maximum Gasteiger partial charge on any atom is 0.335 e. The molecule has 3 aliphatic carbocycles. The number of phenolic OH excluding ortho intramolecular Hbond substituents is 1. The molecule has 0 spiro atoms. The van der Waals surface area contributed by atoms with E-state index in [4.69, 9.17) is 9.47 Å². The molecule has 0 bridgehead atoms. The Morgan fingerprint density at radius 3 is 2.58 bits per heavy atom. The summed E-state index contributed by atoms with van der Waals surface area (Å²) in [6, 6.07) is 5.73. The van der Waals surface area contributed by atoms with Gasteiger partial charge >= 0.3 is 5.97 Å². The van der Waals surface area contributed by atoms with Crippen molar-refractivity contribution in [1.29, 1.82) is 0 Å². The van der Waals surface area contributed by atoms with Crippen LogP contribution >= 0.6 is 0 Å². The van der Waals surface area contributed by atoms with Crippen LogP contribution in [0.3, 0.4) is 0 Å². The normalized spacial score (nSPS) is 44.2. The number of hydrogen-bond acceptors (Lipinski definition) is 7. The fraction of sp³-hybridized carbons (Fsp3) is 0.708. The van der Waals surface area contributed by atoms with Gasteiger partial charge in [-0.25, -0.2) is 4.79 Å². The summed E-state index contributed by atoms with van der Waals surface area (Å²) < 4.78 is 11.5. The molecule has 1 aromatic carbocycles. The maximum atomic E-state index is 11.4. The van der Waals surface area contributed by atoms with E-state index in [1.165, 1.54) is 11.1 Å². The number of hydrogen-bond donors (Lipinski definition) is 5. The number of aromatic hydroxyl groups is 1. The van der Waals surface area contributed by atoms with Crippen molar-refractivity contribution < 1.29 is 39.8 Å². The van der Waals surface area contributed by atoms with E-state index in [0.717, 1.165) is 38.5 Å². The van der Waals surface area contributed by atoms with Crippen molar-refractivity contribution >= 4 is 35.5 Å². The number of aliphatic hydroxyl groups excluding tert-OH is 3. The molecule has 8 nitrogen and oxygen atoms in total. The summed E-state index contributed by atoms with van der Waals surface area (Å²) in [5.41, 5.74) is 2.45. The monoisotopic (exact) mass is 471 g/mol. The van der Waals surface area contributed by atoms with Crippen LogP contribution in [0.2, 0.25) is 0 Å². The molecule has 0 aromatic heterocycles. The van der Waals surface area contributed by atoms with Crippen LogP contribution in [0.25, 0.3) is 0 Å². The largest absolute Gasteiger partial charge is 0.508 e. The van der Waals surface area contributed by atoms with E-state index in [1.807, 2.05) is 6.07 Å². The number of ether oxygens (including phenoxy) is 2. The van der Waals surface area contributed by atoms with Gasteiger partial charge in [0.25, 0.3) is 0 Å². The Kier molecular flexibility index (Phi) is 7.22. The van der Waals surface area contributed by atoms with Gasteiger partial charge in [-0.15, -0.1) is 0 Å². The molecular weight excluding hydrogens is 439 g/mol. The van der Waals surface area contributed by atoms with Crippen molar-refractivity contribution in [2.75, 3.05) is 0 Å². The summed E-state index contributed by atoms with van der Waals surface area (Å²) in [5.74, 6) is 0.312. The third kappa shape index (κ3) is 4.16. The van der Waals surface area contributed by atoms with Crippen LogP contribution < -0.4 is 0 Å². The number of phenols is 1. The third-order valence-electron chi connectivity index (χ3n) is 8.73. The van der Waals surface area contributed by atoms with Crippen LogP contribution in [0.1, 0.15) is 56.1 Å². The molecule has 0 amide bonds. The van der Waals surface area contributed by atoms with Gasteiger partial charge in [0.1, 0.15) is 24.1 Å². The number of aryl methyl sites for hydroxylation is 1. The van der Waals surface area contributed by atoms with Gasteiger partial charge < -0.3 is 35.0 Å². The van der Waals surface area contributed by atoms with E-state index < -0.39 is 36.7 Å². The number of aliphatic hydroxyl groups is 3. The molecule has 9 heteroatoms. The van der Waals surface area contributed by atoms with E-state index in [0.29, 0.717) is 23.5 Å². The summed E-state index contributed by atoms with van der Waals surface area (Å²) in [6.07, 6.45) is -2.38. The van der Waals surface area contributed by atoms with E-state index in [1.54, 1.807) is 6.07 Å². The standard InChI is InChI=1S/C24H32O8.Na/c1-24-9-8-14-13-5-3-12(25)10-11(13)2-4-15(14)16(24)6-7-17(24)31-23-20(28)18(26)19(27)21(32-23)22(29)30;/h3,5,10,14-21,23,25-28H,2,4,6-9H2,1H3,(H,29,30);. The van der Waals surface area contributed by atoms with Crippen LogP contribution in [0.4, 0.5) is 0 Å². The zero-order chi connectivity index (χ0) is 22.8. The van der Waals surface area contributed by atoms with Crippen molar-refractivity contribution in [3.63, 3.8) is 0 Å². The topological polar surface area (TPSA) is 137 Å². The van der Waals surface area contributed by atoms with E-state index in [9.17, 15) is 30.3 Å². The number of carbonyl (C=O) groups is 1. The quantitative estimate of drug-likeness (QED) is 0.414. The Balaban J connectivity index is 0.00000259. The second-order valence-corrected chi connectivity index (χ2v) is 10.3. The molecule has 1 aromatic rings.